The van der Waals surface area contributed by atoms with Crippen molar-refractivity contribution in [2.45, 2.75) is 26.3 Å². The van der Waals surface area contributed by atoms with Gasteiger partial charge in [-0.3, -0.25) is 0 Å². The Morgan fingerprint density at radius 3 is 2.89 bits per heavy atom. The quantitative estimate of drug-likeness (QED) is 0.864. The molecule has 19 heavy (non-hydrogen) atoms. The number of benzene rings is 1. The normalized spacial score (nSPS) is 12.4. The Labute approximate surface area is 113 Å². The number of hydrogen-bond acceptors (Lipinski definition) is 5. The SMILES string of the molecule is CCNC(C)c1nc(Cc2ccccc2OC)no1. The zero-order chi connectivity index (χ0) is 13.7. The summed E-state index contributed by atoms with van der Waals surface area (Å²) in [7, 11) is 1.66. The van der Waals surface area contributed by atoms with Crippen LogP contribution in [0.3, 0.4) is 0 Å². The summed E-state index contributed by atoms with van der Waals surface area (Å²) in [6, 6.07) is 7.92. The Morgan fingerprint density at radius 1 is 1.37 bits per heavy atom. The van der Waals surface area contributed by atoms with Crippen LogP contribution in [-0.4, -0.2) is 23.8 Å². The molecule has 0 aliphatic heterocycles. The number of nitrogens with zero attached hydrogens (tertiary/aromatic N) is 2. The minimum atomic E-state index is 0.0731. The van der Waals surface area contributed by atoms with Crippen molar-refractivity contribution in [1.29, 1.82) is 0 Å². The van der Waals surface area contributed by atoms with Gasteiger partial charge in [-0.05, 0) is 19.5 Å². The molecule has 1 N–H and O–H groups in total. The monoisotopic (exact) mass is 261 g/mol. The van der Waals surface area contributed by atoms with Gasteiger partial charge in [0.25, 0.3) is 0 Å². The third-order valence-corrected chi connectivity index (χ3v) is 2.91. The van der Waals surface area contributed by atoms with Crippen LogP contribution in [0.5, 0.6) is 5.75 Å². The van der Waals surface area contributed by atoms with Gasteiger partial charge in [-0.2, -0.15) is 4.98 Å². The summed E-state index contributed by atoms with van der Waals surface area (Å²) < 4.78 is 10.6. The molecule has 5 nitrogen and oxygen atoms in total. The van der Waals surface area contributed by atoms with Crippen molar-refractivity contribution >= 4 is 0 Å². The van der Waals surface area contributed by atoms with E-state index in [2.05, 4.69) is 15.5 Å². The van der Waals surface area contributed by atoms with Gasteiger partial charge in [0.05, 0.1) is 13.2 Å². The van der Waals surface area contributed by atoms with Crippen molar-refractivity contribution in [1.82, 2.24) is 15.5 Å². The Kier molecular flexibility index (Phi) is 4.52. The topological polar surface area (TPSA) is 60.2 Å². The van der Waals surface area contributed by atoms with E-state index in [4.69, 9.17) is 9.26 Å². The Hall–Kier alpha value is -1.88. The fourth-order valence-electron chi connectivity index (χ4n) is 1.93. The van der Waals surface area contributed by atoms with Gasteiger partial charge >= 0.3 is 0 Å². The molecule has 0 aliphatic carbocycles. The molecule has 0 saturated carbocycles. The molecule has 5 heteroatoms. The molecule has 1 aromatic heterocycles. The average Bonchev–Trinajstić information content (AvgIpc) is 2.88. The summed E-state index contributed by atoms with van der Waals surface area (Å²) in [5.74, 6) is 2.13. The molecule has 1 atom stereocenters. The van der Waals surface area contributed by atoms with Crippen molar-refractivity contribution in [3.05, 3.63) is 41.5 Å². The van der Waals surface area contributed by atoms with Crippen LogP contribution in [-0.2, 0) is 6.42 Å². The van der Waals surface area contributed by atoms with Crippen LogP contribution in [0.25, 0.3) is 0 Å². The third kappa shape index (κ3) is 3.32. The zero-order valence-corrected chi connectivity index (χ0v) is 11.5. The van der Waals surface area contributed by atoms with E-state index in [0.29, 0.717) is 18.1 Å². The van der Waals surface area contributed by atoms with E-state index in [1.54, 1.807) is 7.11 Å². The standard InChI is InChI=1S/C14H19N3O2/c1-4-15-10(2)14-16-13(17-19-14)9-11-7-5-6-8-12(11)18-3/h5-8,10,15H,4,9H2,1-3H3. The van der Waals surface area contributed by atoms with Crippen molar-refractivity contribution < 1.29 is 9.26 Å². The van der Waals surface area contributed by atoms with Crippen LogP contribution >= 0.6 is 0 Å². The molecule has 2 rings (SSSR count). The molecule has 1 aromatic carbocycles. The Morgan fingerprint density at radius 2 is 2.16 bits per heavy atom. The van der Waals surface area contributed by atoms with Gasteiger partial charge in [0.1, 0.15) is 5.75 Å². The molecule has 1 heterocycles. The maximum Gasteiger partial charge on any atom is 0.243 e. The first kappa shape index (κ1) is 13.5. The highest BCUT2D eigenvalue weighted by atomic mass is 16.5. The summed E-state index contributed by atoms with van der Waals surface area (Å²) in [5.41, 5.74) is 1.05. The highest BCUT2D eigenvalue weighted by Gasteiger charge is 2.14. The van der Waals surface area contributed by atoms with Crippen molar-refractivity contribution in [3.8, 4) is 5.75 Å². The predicted molar refractivity (Wildman–Crippen MR) is 72.2 cm³/mol. The maximum atomic E-state index is 5.31. The van der Waals surface area contributed by atoms with E-state index in [9.17, 15) is 0 Å². The van der Waals surface area contributed by atoms with Crippen molar-refractivity contribution in [2.75, 3.05) is 13.7 Å². The summed E-state index contributed by atoms with van der Waals surface area (Å²) in [4.78, 5) is 4.40. The van der Waals surface area contributed by atoms with Crippen LogP contribution < -0.4 is 10.1 Å². The van der Waals surface area contributed by atoms with Gasteiger partial charge in [0, 0.05) is 12.0 Å². The largest absolute Gasteiger partial charge is 0.496 e. The lowest BCUT2D eigenvalue weighted by Crippen LogP contribution is -2.17. The summed E-state index contributed by atoms with van der Waals surface area (Å²) >= 11 is 0. The van der Waals surface area contributed by atoms with Crippen LogP contribution in [0.15, 0.2) is 28.8 Å². The number of aromatic nitrogens is 2. The van der Waals surface area contributed by atoms with Crippen molar-refractivity contribution in [2.24, 2.45) is 0 Å². The zero-order valence-electron chi connectivity index (χ0n) is 11.5. The first-order chi connectivity index (χ1) is 9.24. The van der Waals surface area contributed by atoms with Crippen molar-refractivity contribution in [3.63, 3.8) is 0 Å². The molecule has 0 fully saturated rings. The van der Waals surface area contributed by atoms with E-state index in [-0.39, 0.29) is 6.04 Å². The minimum Gasteiger partial charge on any atom is -0.496 e. The fraction of sp³-hybridized carbons (Fsp3) is 0.429. The van der Waals surface area contributed by atoms with Crippen LogP contribution in [0.2, 0.25) is 0 Å². The number of nitrogens with one attached hydrogen (secondary N) is 1. The van der Waals surface area contributed by atoms with Gasteiger partial charge in [0.15, 0.2) is 5.82 Å². The second kappa shape index (κ2) is 6.33. The highest BCUT2D eigenvalue weighted by Crippen LogP contribution is 2.20. The second-order valence-electron chi connectivity index (χ2n) is 4.32. The fourth-order valence-corrected chi connectivity index (χ4v) is 1.93. The molecular weight excluding hydrogens is 242 g/mol. The molecule has 0 spiro atoms. The summed E-state index contributed by atoms with van der Waals surface area (Å²) in [6.07, 6.45) is 0.604. The van der Waals surface area contributed by atoms with E-state index in [0.717, 1.165) is 17.9 Å². The lowest BCUT2D eigenvalue weighted by molar-refractivity contribution is 0.339. The van der Waals surface area contributed by atoms with Gasteiger partial charge in [-0.1, -0.05) is 30.3 Å². The van der Waals surface area contributed by atoms with Gasteiger partial charge < -0.3 is 14.6 Å². The summed E-state index contributed by atoms with van der Waals surface area (Å²) in [5, 5.41) is 7.25. The lowest BCUT2D eigenvalue weighted by Gasteiger charge is -2.06. The molecule has 0 radical (unpaired) electrons. The number of ether oxygens (including phenoxy) is 1. The van der Waals surface area contributed by atoms with Gasteiger partial charge in [0.2, 0.25) is 5.89 Å². The molecule has 0 bridgehead atoms. The summed E-state index contributed by atoms with van der Waals surface area (Å²) in [6.45, 7) is 4.91. The number of hydrogen-bond donors (Lipinski definition) is 1. The number of methoxy groups -OCH3 is 1. The predicted octanol–water partition coefficient (Wildman–Crippen LogP) is 2.34. The highest BCUT2D eigenvalue weighted by molar-refractivity contribution is 5.35. The molecular formula is C14H19N3O2. The number of rotatable bonds is 6. The van der Waals surface area contributed by atoms with E-state index < -0.39 is 0 Å². The maximum absolute atomic E-state index is 5.31. The average molecular weight is 261 g/mol. The second-order valence-corrected chi connectivity index (χ2v) is 4.32. The smallest absolute Gasteiger partial charge is 0.243 e. The van der Waals surface area contributed by atoms with E-state index >= 15 is 0 Å². The molecule has 0 amide bonds. The van der Waals surface area contributed by atoms with Gasteiger partial charge in [-0.15, -0.1) is 0 Å². The minimum absolute atomic E-state index is 0.0731. The molecule has 0 saturated heterocycles. The molecule has 102 valence electrons. The number of para-hydroxylation sites is 1. The van der Waals surface area contributed by atoms with Crippen LogP contribution in [0.1, 0.15) is 37.2 Å². The van der Waals surface area contributed by atoms with Crippen LogP contribution in [0, 0.1) is 0 Å². The first-order valence-electron chi connectivity index (χ1n) is 6.42. The molecule has 1 unspecified atom stereocenters. The van der Waals surface area contributed by atoms with Crippen LogP contribution in [0.4, 0.5) is 0 Å². The van der Waals surface area contributed by atoms with E-state index in [1.807, 2.05) is 38.1 Å². The Bertz CT molecular complexity index is 525. The lowest BCUT2D eigenvalue weighted by atomic mass is 10.1. The Balaban J connectivity index is 2.11. The van der Waals surface area contributed by atoms with E-state index in [1.165, 1.54) is 0 Å². The third-order valence-electron chi connectivity index (χ3n) is 2.91. The molecule has 0 aliphatic rings. The first-order valence-corrected chi connectivity index (χ1v) is 6.42. The molecule has 2 aromatic rings. The van der Waals surface area contributed by atoms with Gasteiger partial charge in [-0.25, -0.2) is 0 Å².